The summed E-state index contributed by atoms with van der Waals surface area (Å²) in [4.78, 5) is 27.4. The first-order valence-corrected chi connectivity index (χ1v) is 7.78. The lowest BCUT2D eigenvalue weighted by Crippen LogP contribution is -2.28. The predicted molar refractivity (Wildman–Crippen MR) is 90.5 cm³/mol. The summed E-state index contributed by atoms with van der Waals surface area (Å²) < 4.78 is 15.4. The number of methoxy groups -OCH3 is 1. The monoisotopic (exact) mass is 344 g/mol. The zero-order chi connectivity index (χ0) is 18.1. The molecule has 2 rings (SSSR count). The molecule has 132 valence electrons. The molecule has 0 aliphatic carbocycles. The van der Waals surface area contributed by atoms with Gasteiger partial charge in [-0.1, -0.05) is 0 Å². The molecule has 0 fully saturated rings. The fourth-order valence-corrected chi connectivity index (χ4v) is 2.01. The molecule has 0 spiro atoms. The van der Waals surface area contributed by atoms with Crippen molar-refractivity contribution in [3.05, 3.63) is 53.9 Å². The summed E-state index contributed by atoms with van der Waals surface area (Å²) in [7, 11) is 1.31. The van der Waals surface area contributed by atoms with Crippen LogP contribution in [0.4, 0.5) is 0 Å². The molecular formula is C18H20N2O5. The third-order valence-corrected chi connectivity index (χ3v) is 3.21. The first-order valence-electron chi connectivity index (χ1n) is 7.78. The molecule has 0 atom stereocenters. The Labute approximate surface area is 145 Å². The molecular weight excluding hydrogens is 324 g/mol. The molecule has 0 bridgehead atoms. The summed E-state index contributed by atoms with van der Waals surface area (Å²) in [5, 5.41) is 2.68. The SMILES string of the molecule is CCOc1ccc(OCC(=O)NCc2cc(C(=O)OC)ccn2)cc1. The minimum atomic E-state index is -0.450. The molecule has 25 heavy (non-hydrogen) atoms. The fraction of sp³-hybridized carbons (Fsp3) is 0.278. The van der Waals surface area contributed by atoms with E-state index >= 15 is 0 Å². The van der Waals surface area contributed by atoms with Gasteiger partial charge < -0.3 is 19.5 Å². The van der Waals surface area contributed by atoms with Gasteiger partial charge in [-0.15, -0.1) is 0 Å². The number of pyridine rings is 1. The Hall–Kier alpha value is -3.09. The number of amides is 1. The molecule has 1 amide bonds. The number of hydrogen-bond donors (Lipinski definition) is 1. The summed E-state index contributed by atoms with van der Waals surface area (Å²) in [5.74, 6) is 0.577. The van der Waals surface area contributed by atoms with Crippen molar-refractivity contribution in [3.8, 4) is 11.5 Å². The van der Waals surface area contributed by atoms with Crippen molar-refractivity contribution < 1.29 is 23.8 Å². The number of benzene rings is 1. The number of hydrogen-bond acceptors (Lipinski definition) is 6. The number of ether oxygens (including phenoxy) is 3. The molecule has 1 heterocycles. The highest BCUT2D eigenvalue weighted by molar-refractivity contribution is 5.89. The van der Waals surface area contributed by atoms with Gasteiger partial charge in [0.1, 0.15) is 11.5 Å². The van der Waals surface area contributed by atoms with E-state index in [4.69, 9.17) is 9.47 Å². The molecule has 0 aliphatic rings. The number of nitrogens with zero attached hydrogens (tertiary/aromatic N) is 1. The Kier molecular flexibility index (Phi) is 6.76. The van der Waals surface area contributed by atoms with Crippen molar-refractivity contribution in [2.45, 2.75) is 13.5 Å². The highest BCUT2D eigenvalue weighted by atomic mass is 16.5. The Bertz CT molecular complexity index is 716. The molecule has 7 nitrogen and oxygen atoms in total. The zero-order valence-electron chi connectivity index (χ0n) is 14.2. The Balaban J connectivity index is 1.79. The minimum Gasteiger partial charge on any atom is -0.494 e. The van der Waals surface area contributed by atoms with Crippen LogP contribution in [0.3, 0.4) is 0 Å². The van der Waals surface area contributed by atoms with E-state index in [1.807, 2.05) is 6.92 Å². The zero-order valence-corrected chi connectivity index (χ0v) is 14.2. The van der Waals surface area contributed by atoms with Gasteiger partial charge in [0.05, 0.1) is 31.5 Å². The van der Waals surface area contributed by atoms with E-state index in [0.29, 0.717) is 23.6 Å². The van der Waals surface area contributed by atoms with Crippen LogP contribution in [-0.4, -0.2) is 37.2 Å². The van der Waals surface area contributed by atoms with Gasteiger partial charge in [-0.05, 0) is 43.3 Å². The van der Waals surface area contributed by atoms with E-state index in [1.165, 1.54) is 13.3 Å². The average molecular weight is 344 g/mol. The second-order valence-corrected chi connectivity index (χ2v) is 5.00. The number of carbonyl (C=O) groups excluding carboxylic acids is 2. The number of aromatic nitrogens is 1. The molecule has 2 aromatic rings. The van der Waals surface area contributed by atoms with Gasteiger partial charge in [-0.25, -0.2) is 4.79 Å². The van der Waals surface area contributed by atoms with Crippen molar-refractivity contribution in [2.75, 3.05) is 20.3 Å². The van der Waals surface area contributed by atoms with Crippen LogP contribution in [0.5, 0.6) is 11.5 Å². The second-order valence-electron chi connectivity index (χ2n) is 5.00. The standard InChI is InChI=1S/C18H20N2O5/c1-3-24-15-4-6-16(7-5-15)25-12-17(21)20-11-14-10-13(8-9-19-14)18(22)23-2/h4-10H,3,11-12H2,1-2H3,(H,20,21). The fourth-order valence-electron chi connectivity index (χ4n) is 2.01. The average Bonchev–Trinajstić information content (AvgIpc) is 2.65. The molecule has 1 aromatic heterocycles. The summed E-state index contributed by atoms with van der Waals surface area (Å²) in [5.41, 5.74) is 0.935. The van der Waals surface area contributed by atoms with Gasteiger partial charge in [0.2, 0.25) is 0 Å². The predicted octanol–water partition coefficient (Wildman–Crippen LogP) is 1.96. The van der Waals surface area contributed by atoms with Crippen molar-refractivity contribution in [2.24, 2.45) is 0 Å². The van der Waals surface area contributed by atoms with Crippen LogP contribution in [0.2, 0.25) is 0 Å². The van der Waals surface area contributed by atoms with E-state index in [-0.39, 0.29) is 19.1 Å². The number of nitrogens with one attached hydrogen (secondary N) is 1. The Morgan fingerprint density at radius 2 is 1.76 bits per heavy atom. The molecule has 1 N–H and O–H groups in total. The number of carbonyl (C=O) groups is 2. The molecule has 1 aromatic carbocycles. The van der Waals surface area contributed by atoms with Gasteiger partial charge in [0.25, 0.3) is 5.91 Å². The lowest BCUT2D eigenvalue weighted by Gasteiger charge is -2.09. The second kappa shape index (κ2) is 9.27. The Morgan fingerprint density at radius 3 is 2.40 bits per heavy atom. The van der Waals surface area contributed by atoms with Gasteiger partial charge in [-0.2, -0.15) is 0 Å². The van der Waals surface area contributed by atoms with Crippen LogP contribution < -0.4 is 14.8 Å². The van der Waals surface area contributed by atoms with Crippen molar-refractivity contribution >= 4 is 11.9 Å². The maximum atomic E-state index is 11.9. The highest BCUT2D eigenvalue weighted by Gasteiger charge is 2.08. The summed E-state index contributed by atoms with van der Waals surface area (Å²) in [6.07, 6.45) is 1.49. The maximum absolute atomic E-state index is 11.9. The van der Waals surface area contributed by atoms with Crippen LogP contribution in [0.15, 0.2) is 42.6 Å². The topological polar surface area (TPSA) is 86.8 Å². The van der Waals surface area contributed by atoms with Crippen molar-refractivity contribution in [1.82, 2.24) is 10.3 Å². The summed E-state index contributed by atoms with van der Waals surface area (Å²) in [6, 6.07) is 10.1. The van der Waals surface area contributed by atoms with Crippen LogP contribution in [-0.2, 0) is 16.1 Å². The lowest BCUT2D eigenvalue weighted by atomic mass is 10.2. The summed E-state index contributed by atoms with van der Waals surface area (Å²) in [6.45, 7) is 2.57. The van der Waals surface area contributed by atoms with Gasteiger partial charge in [0, 0.05) is 6.20 Å². The van der Waals surface area contributed by atoms with Gasteiger partial charge in [0.15, 0.2) is 6.61 Å². The smallest absolute Gasteiger partial charge is 0.337 e. The lowest BCUT2D eigenvalue weighted by molar-refractivity contribution is -0.123. The minimum absolute atomic E-state index is 0.120. The van der Waals surface area contributed by atoms with E-state index < -0.39 is 5.97 Å². The molecule has 7 heteroatoms. The molecule has 0 aliphatic heterocycles. The normalized spacial score (nSPS) is 10.0. The first-order chi connectivity index (χ1) is 12.1. The van der Waals surface area contributed by atoms with E-state index in [9.17, 15) is 9.59 Å². The Morgan fingerprint density at radius 1 is 1.08 bits per heavy atom. The maximum Gasteiger partial charge on any atom is 0.337 e. The van der Waals surface area contributed by atoms with Crippen molar-refractivity contribution in [3.63, 3.8) is 0 Å². The molecule has 0 saturated heterocycles. The first kappa shape index (κ1) is 18.3. The molecule has 0 saturated carbocycles. The molecule has 0 radical (unpaired) electrons. The third kappa shape index (κ3) is 5.80. The molecule has 0 unspecified atom stereocenters. The van der Waals surface area contributed by atoms with Gasteiger partial charge >= 0.3 is 5.97 Å². The van der Waals surface area contributed by atoms with Gasteiger partial charge in [-0.3, -0.25) is 9.78 Å². The summed E-state index contributed by atoms with van der Waals surface area (Å²) >= 11 is 0. The largest absolute Gasteiger partial charge is 0.494 e. The van der Waals surface area contributed by atoms with Crippen LogP contribution in [0.25, 0.3) is 0 Å². The number of esters is 1. The van der Waals surface area contributed by atoms with E-state index in [1.54, 1.807) is 36.4 Å². The van der Waals surface area contributed by atoms with E-state index in [2.05, 4.69) is 15.0 Å². The van der Waals surface area contributed by atoms with E-state index in [0.717, 1.165) is 5.75 Å². The van der Waals surface area contributed by atoms with Crippen LogP contribution in [0, 0.1) is 0 Å². The number of rotatable bonds is 8. The van der Waals surface area contributed by atoms with Crippen LogP contribution >= 0.6 is 0 Å². The quantitative estimate of drug-likeness (QED) is 0.737. The van der Waals surface area contributed by atoms with Crippen LogP contribution in [0.1, 0.15) is 23.0 Å². The van der Waals surface area contributed by atoms with Crippen molar-refractivity contribution in [1.29, 1.82) is 0 Å². The highest BCUT2D eigenvalue weighted by Crippen LogP contribution is 2.17. The third-order valence-electron chi connectivity index (χ3n) is 3.21.